The van der Waals surface area contributed by atoms with E-state index in [1.165, 1.54) is 24.8 Å². The Morgan fingerprint density at radius 1 is 1.19 bits per heavy atom. The van der Waals surface area contributed by atoms with Crippen molar-refractivity contribution in [3.8, 4) is 0 Å². The summed E-state index contributed by atoms with van der Waals surface area (Å²) < 4.78 is 5.63. The van der Waals surface area contributed by atoms with Gasteiger partial charge in [0.1, 0.15) is 5.76 Å². The van der Waals surface area contributed by atoms with Gasteiger partial charge in [-0.3, -0.25) is 5.32 Å². The molecule has 0 saturated heterocycles. The lowest BCUT2D eigenvalue weighted by atomic mass is 9.99. The summed E-state index contributed by atoms with van der Waals surface area (Å²) in [5.74, 6) is 1.63. The van der Waals surface area contributed by atoms with E-state index in [9.17, 15) is 0 Å². The zero-order chi connectivity index (χ0) is 15.1. The monoisotopic (exact) mass is 286 g/mol. The van der Waals surface area contributed by atoms with E-state index in [1.807, 2.05) is 6.92 Å². The maximum atomic E-state index is 5.63. The molecule has 0 bridgehead atoms. The quantitative estimate of drug-likeness (QED) is 0.697. The molecule has 2 atom stereocenters. The highest BCUT2D eigenvalue weighted by atomic mass is 16.4. The number of rotatable bonds is 8. The van der Waals surface area contributed by atoms with Crippen molar-refractivity contribution in [1.29, 1.82) is 0 Å². The van der Waals surface area contributed by atoms with E-state index in [1.54, 1.807) is 6.20 Å². The third kappa shape index (κ3) is 4.71. The number of unbranched alkanes of at least 4 members (excludes halogenated alkanes) is 2. The number of nitrogens with zero attached hydrogens (tertiary/aromatic N) is 1. The fourth-order valence-corrected chi connectivity index (χ4v) is 2.58. The van der Waals surface area contributed by atoms with Crippen LogP contribution < -0.4 is 5.32 Å². The number of aryl methyl sites for hydroxylation is 1. The highest BCUT2D eigenvalue weighted by Crippen LogP contribution is 2.24. The Labute approximate surface area is 127 Å². The molecule has 21 heavy (non-hydrogen) atoms. The topological polar surface area (TPSA) is 38.1 Å². The summed E-state index contributed by atoms with van der Waals surface area (Å²) in [6, 6.07) is 11.1. The van der Waals surface area contributed by atoms with Crippen molar-refractivity contribution < 1.29 is 4.42 Å². The lowest BCUT2D eigenvalue weighted by Gasteiger charge is -2.22. The minimum atomic E-state index is 0.116. The third-order valence-corrected chi connectivity index (χ3v) is 3.76. The maximum Gasteiger partial charge on any atom is 0.211 e. The molecule has 0 aliphatic rings. The second-order valence-corrected chi connectivity index (χ2v) is 5.66. The third-order valence-electron chi connectivity index (χ3n) is 3.76. The van der Waals surface area contributed by atoms with Crippen molar-refractivity contribution in [2.75, 3.05) is 0 Å². The fraction of sp³-hybridized carbons (Fsp3) is 0.500. The van der Waals surface area contributed by atoms with Gasteiger partial charge >= 0.3 is 0 Å². The van der Waals surface area contributed by atoms with Crippen LogP contribution in [0.15, 0.2) is 40.9 Å². The van der Waals surface area contributed by atoms with Gasteiger partial charge in [-0.15, -0.1) is 0 Å². The van der Waals surface area contributed by atoms with Crippen LogP contribution in [0.4, 0.5) is 0 Å². The lowest BCUT2D eigenvalue weighted by molar-refractivity contribution is 0.358. The molecule has 0 amide bonds. The van der Waals surface area contributed by atoms with Crippen LogP contribution in [0, 0.1) is 6.92 Å². The first-order valence-electron chi connectivity index (χ1n) is 7.94. The molecular formula is C18H26N2O. The summed E-state index contributed by atoms with van der Waals surface area (Å²) in [5.41, 5.74) is 1.34. The van der Waals surface area contributed by atoms with Crippen LogP contribution in [0.1, 0.15) is 68.8 Å². The molecule has 2 unspecified atom stereocenters. The van der Waals surface area contributed by atoms with Gasteiger partial charge in [-0.25, -0.2) is 4.98 Å². The second kappa shape index (κ2) is 7.99. The number of oxazole rings is 1. The van der Waals surface area contributed by atoms with Gasteiger partial charge in [0.15, 0.2) is 0 Å². The molecule has 1 heterocycles. The standard InChI is InChI=1S/C18H26N2O/c1-4-5-7-12-17(16-10-8-6-9-11-16)20-15(3)18-19-13-14(2)21-18/h6,8-11,13,15,17,20H,4-5,7,12H2,1-3H3. The molecule has 1 aromatic heterocycles. The van der Waals surface area contributed by atoms with Gasteiger partial charge in [0.2, 0.25) is 5.89 Å². The van der Waals surface area contributed by atoms with E-state index in [-0.39, 0.29) is 6.04 Å². The van der Waals surface area contributed by atoms with Gasteiger partial charge in [-0.05, 0) is 25.8 Å². The predicted molar refractivity (Wildman–Crippen MR) is 86.1 cm³/mol. The van der Waals surface area contributed by atoms with Crippen LogP contribution >= 0.6 is 0 Å². The molecule has 114 valence electrons. The number of hydrogen-bond donors (Lipinski definition) is 1. The zero-order valence-electron chi connectivity index (χ0n) is 13.3. The van der Waals surface area contributed by atoms with E-state index in [0.29, 0.717) is 6.04 Å². The normalized spacial score (nSPS) is 14.0. The Bertz CT molecular complexity index is 521. The molecule has 1 aromatic carbocycles. The Morgan fingerprint density at radius 2 is 1.95 bits per heavy atom. The first-order chi connectivity index (χ1) is 10.2. The molecule has 3 nitrogen and oxygen atoms in total. The van der Waals surface area contributed by atoms with Crippen LogP contribution in [0.3, 0.4) is 0 Å². The van der Waals surface area contributed by atoms with Gasteiger partial charge in [-0.1, -0.05) is 56.5 Å². The van der Waals surface area contributed by atoms with E-state index < -0.39 is 0 Å². The molecule has 0 spiro atoms. The zero-order valence-corrected chi connectivity index (χ0v) is 13.3. The van der Waals surface area contributed by atoms with Crippen molar-refractivity contribution in [2.24, 2.45) is 0 Å². The van der Waals surface area contributed by atoms with E-state index in [4.69, 9.17) is 4.42 Å². The average molecular weight is 286 g/mol. The predicted octanol–water partition coefficient (Wildman–Crippen LogP) is 4.96. The van der Waals surface area contributed by atoms with Crippen LogP contribution in [-0.2, 0) is 0 Å². The van der Waals surface area contributed by atoms with Gasteiger partial charge < -0.3 is 4.42 Å². The van der Waals surface area contributed by atoms with Crippen LogP contribution in [0.25, 0.3) is 0 Å². The molecule has 2 rings (SSSR count). The van der Waals surface area contributed by atoms with Crippen molar-refractivity contribution in [3.05, 3.63) is 53.7 Å². The van der Waals surface area contributed by atoms with Crippen LogP contribution in [0.2, 0.25) is 0 Å². The summed E-state index contributed by atoms with van der Waals surface area (Å²) in [5, 5.41) is 3.67. The van der Waals surface area contributed by atoms with E-state index in [2.05, 4.69) is 54.5 Å². The Kier molecular flexibility index (Phi) is 6.00. The summed E-state index contributed by atoms with van der Waals surface area (Å²) in [4.78, 5) is 4.33. The molecule has 1 N–H and O–H groups in total. The minimum absolute atomic E-state index is 0.116. The lowest BCUT2D eigenvalue weighted by Crippen LogP contribution is -2.25. The van der Waals surface area contributed by atoms with Crippen molar-refractivity contribution >= 4 is 0 Å². The largest absolute Gasteiger partial charge is 0.444 e. The van der Waals surface area contributed by atoms with Gasteiger partial charge in [0.05, 0.1) is 12.2 Å². The molecule has 0 fully saturated rings. The molecule has 2 aromatic rings. The maximum absolute atomic E-state index is 5.63. The van der Waals surface area contributed by atoms with Crippen molar-refractivity contribution in [2.45, 2.75) is 58.5 Å². The fourth-order valence-electron chi connectivity index (χ4n) is 2.58. The Hall–Kier alpha value is -1.61. The number of aromatic nitrogens is 1. The number of benzene rings is 1. The SMILES string of the molecule is CCCCCC(NC(C)c1ncc(C)o1)c1ccccc1. The van der Waals surface area contributed by atoms with Gasteiger partial charge in [-0.2, -0.15) is 0 Å². The molecule has 0 aliphatic heterocycles. The molecular weight excluding hydrogens is 260 g/mol. The van der Waals surface area contributed by atoms with Crippen LogP contribution in [-0.4, -0.2) is 4.98 Å². The molecule has 3 heteroatoms. The van der Waals surface area contributed by atoms with E-state index in [0.717, 1.165) is 18.1 Å². The Morgan fingerprint density at radius 3 is 2.57 bits per heavy atom. The van der Waals surface area contributed by atoms with Gasteiger partial charge in [0.25, 0.3) is 0 Å². The molecule has 0 saturated carbocycles. The smallest absolute Gasteiger partial charge is 0.211 e. The molecule has 0 radical (unpaired) electrons. The van der Waals surface area contributed by atoms with Crippen molar-refractivity contribution in [1.82, 2.24) is 10.3 Å². The average Bonchev–Trinajstić information content (AvgIpc) is 2.94. The Balaban J connectivity index is 2.04. The number of nitrogens with one attached hydrogen (secondary N) is 1. The van der Waals surface area contributed by atoms with Gasteiger partial charge in [0, 0.05) is 6.04 Å². The van der Waals surface area contributed by atoms with Crippen LogP contribution in [0.5, 0.6) is 0 Å². The van der Waals surface area contributed by atoms with E-state index >= 15 is 0 Å². The highest BCUT2D eigenvalue weighted by molar-refractivity contribution is 5.19. The second-order valence-electron chi connectivity index (χ2n) is 5.66. The minimum Gasteiger partial charge on any atom is -0.444 e. The van der Waals surface area contributed by atoms with Crippen molar-refractivity contribution in [3.63, 3.8) is 0 Å². The summed E-state index contributed by atoms with van der Waals surface area (Å²) >= 11 is 0. The first kappa shape index (κ1) is 15.8. The summed E-state index contributed by atoms with van der Waals surface area (Å²) in [6.45, 7) is 6.28. The summed E-state index contributed by atoms with van der Waals surface area (Å²) in [7, 11) is 0. The summed E-state index contributed by atoms with van der Waals surface area (Å²) in [6.07, 6.45) is 6.68. The highest BCUT2D eigenvalue weighted by Gasteiger charge is 2.18. The first-order valence-corrected chi connectivity index (χ1v) is 7.94. The number of hydrogen-bond acceptors (Lipinski definition) is 3. The molecule has 0 aliphatic carbocycles.